The standard InChI is InChI=1S/C13H18N2O5S2/c1-20-8-7-14(12-6-9-21-10-12)22(18,19)13-4-2-11(3-5-13)15(16)17/h2-5,12H,6-10H2,1H3/t12-/m0/s1. The molecule has 0 unspecified atom stereocenters. The van der Waals surface area contributed by atoms with E-state index in [4.69, 9.17) is 4.74 Å². The molecule has 1 fully saturated rings. The third-order valence-corrected chi connectivity index (χ3v) is 6.59. The molecule has 0 amide bonds. The molecule has 0 aliphatic carbocycles. The lowest BCUT2D eigenvalue weighted by atomic mass is 10.3. The van der Waals surface area contributed by atoms with Crippen LogP contribution in [-0.2, 0) is 14.8 Å². The largest absolute Gasteiger partial charge is 0.383 e. The number of ether oxygens (including phenoxy) is 1. The van der Waals surface area contributed by atoms with Crippen LogP contribution in [0.15, 0.2) is 29.2 Å². The van der Waals surface area contributed by atoms with Gasteiger partial charge in [0.05, 0.1) is 16.4 Å². The smallest absolute Gasteiger partial charge is 0.269 e. The van der Waals surface area contributed by atoms with Crippen LogP contribution < -0.4 is 0 Å². The van der Waals surface area contributed by atoms with Gasteiger partial charge in [-0.25, -0.2) is 8.42 Å². The van der Waals surface area contributed by atoms with Gasteiger partial charge in [0.25, 0.3) is 5.69 Å². The van der Waals surface area contributed by atoms with Crippen LogP contribution >= 0.6 is 11.8 Å². The maximum Gasteiger partial charge on any atom is 0.269 e. The van der Waals surface area contributed by atoms with Crippen LogP contribution in [0.25, 0.3) is 0 Å². The summed E-state index contributed by atoms with van der Waals surface area (Å²) in [5.41, 5.74) is -0.126. The molecule has 0 radical (unpaired) electrons. The molecule has 2 rings (SSSR count). The van der Waals surface area contributed by atoms with Crippen molar-refractivity contribution in [1.29, 1.82) is 0 Å². The Bertz CT molecular complexity index is 612. The first-order valence-corrected chi connectivity index (χ1v) is 9.39. The molecular weight excluding hydrogens is 328 g/mol. The highest BCUT2D eigenvalue weighted by molar-refractivity contribution is 7.99. The van der Waals surface area contributed by atoms with Crippen molar-refractivity contribution >= 4 is 27.5 Å². The van der Waals surface area contributed by atoms with Gasteiger partial charge >= 0.3 is 0 Å². The Morgan fingerprint density at radius 1 is 1.41 bits per heavy atom. The summed E-state index contributed by atoms with van der Waals surface area (Å²) in [4.78, 5) is 10.2. The van der Waals surface area contributed by atoms with E-state index in [0.717, 1.165) is 17.9 Å². The number of nitro benzene ring substituents is 1. The Balaban J connectivity index is 2.28. The fourth-order valence-corrected chi connectivity index (χ4v) is 5.26. The minimum Gasteiger partial charge on any atom is -0.383 e. The number of non-ortho nitro benzene ring substituents is 1. The first kappa shape index (κ1) is 17.2. The summed E-state index contributed by atoms with van der Waals surface area (Å²) in [6.07, 6.45) is 0.806. The second-order valence-corrected chi connectivity index (χ2v) is 7.92. The number of sulfonamides is 1. The fourth-order valence-electron chi connectivity index (χ4n) is 2.30. The minimum absolute atomic E-state index is 0.0552. The molecule has 0 saturated carbocycles. The quantitative estimate of drug-likeness (QED) is 0.552. The van der Waals surface area contributed by atoms with Crippen molar-refractivity contribution in [3.05, 3.63) is 34.4 Å². The van der Waals surface area contributed by atoms with Gasteiger partial charge in [-0.15, -0.1) is 0 Å². The van der Waals surface area contributed by atoms with Crippen molar-refractivity contribution in [1.82, 2.24) is 4.31 Å². The first-order chi connectivity index (χ1) is 10.5. The van der Waals surface area contributed by atoms with Gasteiger partial charge in [0.2, 0.25) is 10.0 Å². The van der Waals surface area contributed by atoms with Crippen LogP contribution in [-0.4, -0.2) is 55.5 Å². The second-order valence-electron chi connectivity index (χ2n) is 4.88. The number of benzene rings is 1. The van der Waals surface area contributed by atoms with E-state index in [-0.39, 0.29) is 23.2 Å². The summed E-state index contributed by atoms with van der Waals surface area (Å²) in [5.74, 6) is 1.69. The van der Waals surface area contributed by atoms with Crippen LogP contribution in [0.4, 0.5) is 5.69 Å². The molecule has 22 heavy (non-hydrogen) atoms. The third kappa shape index (κ3) is 3.78. The number of nitrogens with zero attached hydrogens (tertiary/aromatic N) is 2. The highest BCUT2D eigenvalue weighted by Crippen LogP contribution is 2.28. The molecule has 1 aromatic rings. The molecule has 1 saturated heterocycles. The van der Waals surface area contributed by atoms with Gasteiger partial charge in [0.15, 0.2) is 0 Å². The number of hydrogen-bond acceptors (Lipinski definition) is 6. The minimum atomic E-state index is -3.68. The zero-order valence-corrected chi connectivity index (χ0v) is 13.8. The van der Waals surface area contributed by atoms with Crippen LogP contribution in [0.1, 0.15) is 6.42 Å². The lowest BCUT2D eigenvalue weighted by Crippen LogP contribution is -2.42. The van der Waals surface area contributed by atoms with E-state index in [0.29, 0.717) is 6.61 Å². The zero-order valence-electron chi connectivity index (χ0n) is 12.2. The highest BCUT2D eigenvalue weighted by Gasteiger charge is 2.33. The molecule has 1 heterocycles. The maximum atomic E-state index is 12.8. The van der Waals surface area contributed by atoms with Gasteiger partial charge < -0.3 is 4.74 Å². The van der Waals surface area contributed by atoms with Gasteiger partial charge in [0.1, 0.15) is 0 Å². The fraction of sp³-hybridized carbons (Fsp3) is 0.538. The lowest BCUT2D eigenvalue weighted by molar-refractivity contribution is -0.384. The van der Waals surface area contributed by atoms with Crippen molar-refractivity contribution in [2.24, 2.45) is 0 Å². The molecule has 9 heteroatoms. The monoisotopic (exact) mass is 346 g/mol. The number of hydrogen-bond donors (Lipinski definition) is 0. The van der Waals surface area contributed by atoms with Crippen LogP contribution in [0, 0.1) is 10.1 Å². The van der Waals surface area contributed by atoms with Gasteiger partial charge in [-0.2, -0.15) is 16.1 Å². The average Bonchev–Trinajstić information content (AvgIpc) is 3.01. The Morgan fingerprint density at radius 3 is 2.59 bits per heavy atom. The van der Waals surface area contributed by atoms with Gasteiger partial charge in [-0.05, 0) is 24.3 Å². The van der Waals surface area contributed by atoms with Crippen molar-refractivity contribution < 1.29 is 18.1 Å². The number of methoxy groups -OCH3 is 1. The van der Waals surface area contributed by atoms with Crippen molar-refractivity contribution in [2.75, 3.05) is 31.8 Å². The van der Waals surface area contributed by atoms with E-state index in [2.05, 4.69) is 0 Å². The molecule has 1 aromatic carbocycles. The van der Waals surface area contributed by atoms with Crippen LogP contribution in [0.3, 0.4) is 0 Å². The maximum absolute atomic E-state index is 12.8. The summed E-state index contributed by atoms with van der Waals surface area (Å²) in [5, 5.41) is 10.7. The van der Waals surface area contributed by atoms with Gasteiger partial charge in [-0.3, -0.25) is 10.1 Å². The summed E-state index contributed by atoms with van der Waals surface area (Å²) < 4.78 is 32.1. The topological polar surface area (TPSA) is 89.8 Å². The number of nitro groups is 1. The summed E-state index contributed by atoms with van der Waals surface area (Å²) in [6, 6.07) is 4.95. The normalized spacial score (nSPS) is 18.7. The molecule has 1 atom stereocenters. The molecule has 122 valence electrons. The number of rotatable bonds is 7. The van der Waals surface area contributed by atoms with Gasteiger partial charge in [-0.1, -0.05) is 0 Å². The Morgan fingerprint density at radius 2 is 2.09 bits per heavy atom. The average molecular weight is 346 g/mol. The first-order valence-electron chi connectivity index (χ1n) is 6.80. The van der Waals surface area contributed by atoms with E-state index in [1.54, 1.807) is 11.8 Å². The second kappa shape index (κ2) is 7.40. The zero-order chi connectivity index (χ0) is 16.2. The molecule has 0 aromatic heterocycles. The van der Waals surface area contributed by atoms with E-state index < -0.39 is 14.9 Å². The summed E-state index contributed by atoms with van der Waals surface area (Å²) >= 11 is 1.73. The van der Waals surface area contributed by atoms with Crippen LogP contribution in [0.2, 0.25) is 0 Å². The van der Waals surface area contributed by atoms with E-state index in [1.807, 2.05) is 0 Å². The summed E-state index contributed by atoms with van der Waals surface area (Å²) in [6.45, 7) is 0.592. The summed E-state index contributed by atoms with van der Waals surface area (Å²) in [7, 11) is -2.15. The van der Waals surface area contributed by atoms with Crippen LogP contribution in [0.5, 0.6) is 0 Å². The Hall–Kier alpha value is -1.16. The van der Waals surface area contributed by atoms with Crippen molar-refractivity contribution in [2.45, 2.75) is 17.4 Å². The third-order valence-electron chi connectivity index (χ3n) is 3.48. The Labute approximate surface area is 133 Å². The molecule has 7 nitrogen and oxygen atoms in total. The van der Waals surface area contributed by atoms with E-state index in [1.165, 1.54) is 35.7 Å². The predicted molar refractivity (Wildman–Crippen MR) is 84.6 cm³/mol. The van der Waals surface area contributed by atoms with E-state index >= 15 is 0 Å². The highest BCUT2D eigenvalue weighted by atomic mass is 32.2. The van der Waals surface area contributed by atoms with Crippen molar-refractivity contribution in [3.8, 4) is 0 Å². The van der Waals surface area contributed by atoms with E-state index in [9.17, 15) is 18.5 Å². The molecule has 1 aliphatic rings. The lowest BCUT2D eigenvalue weighted by Gasteiger charge is -2.27. The predicted octanol–water partition coefficient (Wildman–Crippen LogP) is 1.74. The molecule has 0 N–H and O–H groups in total. The molecule has 0 spiro atoms. The van der Waals surface area contributed by atoms with Gasteiger partial charge in [0, 0.05) is 37.6 Å². The number of thioether (sulfide) groups is 1. The SMILES string of the molecule is COCCN([C@H]1CCSC1)S(=O)(=O)c1ccc([N+](=O)[O-])cc1. The Kier molecular flexibility index (Phi) is 5.79. The molecular formula is C13H18N2O5S2. The molecule has 0 bridgehead atoms. The van der Waals surface area contributed by atoms with Crippen molar-refractivity contribution in [3.63, 3.8) is 0 Å². The molecule has 1 aliphatic heterocycles.